The fourth-order valence-electron chi connectivity index (χ4n) is 3.53. The van der Waals surface area contributed by atoms with Gasteiger partial charge in [0.1, 0.15) is 5.82 Å². The third kappa shape index (κ3) is 2.55. The summed E-state index contributed by atoms with van der Waals surface area (Å²) in [6.45, 7) is 3.18. The minimum absolute atomic E-state index is 0.0582. The van der Waals surface area contributed by atoms with E-state index in [1.807, 2.05) is 18.9 Å². The number of aromatic amines is 1. The summed E-state index contributed by atoms with van der Waals surface area (Å²) >= 11 is 0. The summed E-state index contributed by atoms with van der Waals surface area (Å²) in [7, 11) is 1.82. The van der Waals surface area contributed by atoms with Gasteiger partial charge in [-0.15, -0.1) is 0 Å². The van der Waals surface area contributed by atoms with Gasteiger partial charge in [-0.2, -0.15) is 10.2 Å². The maximum absolute atomic E-state index is 12.7. The van der Waals surface area contributed by atoms with Gasteiger partial charge in [-0.1, -0.05) is 0 Å². The highest BCUT2D eigenvalue weighted by atomic mass is 16.2. The Morgan fingerprint density at radius 2 is 2.04 bits per heavy atom. The number of nitrogens with zero attached hydrogens (tertiary/aromatic N) is 4. The molecule has 2 aliphatic rings. The van der Waals surface area contributed by atoms with Crippen LogP contribution in [0.4, 0.5) is 5.82 Å². The molecular formula is C16H22N6O2. The summed E-state index contributed by atoms with van der Waals surface area (Å²) < 4.78 is 1.69. The topological polar surface area (TPSA) is 95.9 Å². The van der Waals surface area contributed by atoms with Gasteiger partial charge < -0.3 is 10.2 Å². The first kappa shape index (κ1) is 15.2. The van der Waals surface area contributed by atoms with Crippen molar-refractivity contribution in [3.8, 4) is 0 Å². The Hall–Kier alpha value is -2.38. The molecule has 8 heteroatoms. The van der Waals surface area contributed by atoms with Crippen molar-refractivity contribution in [1.82, 2.24) is 24.9 Å². The highest BCUT2D eigenvalue weighted by Crippen LogP contribution is 2.33. The van der Waals surface area contributed by atoms with Gasteiger partial charge in [0.25, 0.3) is 0 Å². The molecule has 2 aromatic rings. The number of H-pyrrole nitrogens is 1. The van der Waals surface area contributed by atoms with E-state index in [4.69, 9.17) is 0 Å². The number of nitrogens with one attached hydrogen (secondary N) is 2. The molecule has 1 aliphatic heterocycles. The predicted molar refractivity (Wildman–Crippen MR) is 88.3 cm³/mol. The molecule has 1 aliphatic carbocycles. The summed E-state index contributed by atoms with van der Waals surface area (Å²) in [5.41, 5.74) is 1.54. The number of aryl methyl sites for hydroxylation is 2. The van der Waals surface area contributed by atoms with Crippen LogP contribution in [0.1, 0.15) is 31.4 Å². The van der Waals surface area contributed by atoms with Gasteiger partial charge in [0.15, 0.2) is 5.65 Å². The molecule has 24 heavy (non-hydrogen) atoms. The maximum Gasteiger partial charge on any atom is 0.230 e. The maximum atomic E-state index is 12.7. The molecule has 0 radical (unpaired) electrons. The van der Waals surface area contributed by atoms with E-state index < -0.39 is 0 Å². The van der Waals surface area contributed by atoms with Crippen molar-refractivity contribution in [2.45, 2.75) is 32.6 Å². The van der Waals surface area contributed by atoms with Crippen LogP contribution in [-0.2, 0) is 16.6 Å². The number of aromatic nitrogens is 4. The summed E-state index contributed by atoms with van der Waals surface area (Å²) in [4.78, 5) is 26.8. The lowest BCUT2D eigenvalue weighted by Gasteiger charge is -2.32. The van der Waals surface area contributed by atoms with Crippen LogP contribution in [0.3, 0.4) is 0 Å². The second-order valence-corrected chi connectivity index (χ2v) is 6.89. The fourth-order valence-corrected chi connectivity index (χ4v) is 3.53. The van der Waals surface area contributed by atoms with Crippen LogP contribution in [0.25, 0.3) is 11.0 Å². The van der Waals surface area contributed by atoms with Gasteiger partial charge in [0.05, 0.1) is 17.0 Å². The molecule has 2 fully saturated rings. The van der Waals surface area contributed by atoms with Gasteiger partial charge in [0.2, 0.25) is 11.8 Å². The van der Waals surface area contributed by atoms with Crippen LogP contribution in [0.15, 0.2) is 0 Å². The molecule has 1 atom stereocenters. The molecule has 1 saturated carbocycles. The molecule has 2 aromatic heterocycles. The van der Waals surface area contributed by atoms with E-state index in [1.54, 1.807) is 4.68 Å². The van der Waals surface area contributed by atoms with Gasteiger partial charge in [-0.05, 0) is 32.6 Å². The number of carbonyl (C=O) groups is 2. The molecule has 0 bridgehead atoms. The summed E-state index contributed by atoms with van der Waals surface area (Å²) in [6, 6.07) is 0. The smallest absolute Gasteiger partial charge is 0.230 e. The number of fused-ring (bicyclic) bond motifs is 1. The van der Waals surface area contributed by atoms with E-state index in [1.165, 1.54) is 0 Å². The number of rotatable bonds is 3. The van der Waals surface area contributed by atoms with Gasteiger partial charge in [0, 0.05) is 26.1 Å². The number of hydrogen-bond donors (Lipinski definition) is 2. The highest BCUT2D eigenvalue weighted by Gasteiger charge is 2.36. The van der Waals surface area contributed by atoms with Crippen molar-refractivity contribution in [3.63, 3.8) is 0 Å². The Balaban J connectivity index is 1.47. The lowest BCUT2D eigenvalue weighted by Crippen LogP contribution is -2.44. The van der Waals surface area contributed by atoms with Crippen molar-refractivity contribution < 1.29 is 9.59 Å². The number of piperidine rings is 1. The zero-order chi connectivity index (χ0) is 16.8. The van der Waals surface area contributed by atoms with Gasteiger partial charge in [-0.25, -0.2) is 4.68 Å². The van der Waals surface area contributed by atoms with Crippen LogP contribution in [0.2, 0.25) is 0 Å². The van der Waals surface area contributed by atoms with Crippen molar-refractivity contribution >= 4 is 28.7 Å². The van der Waals surface area contributed by atoms with E-state index in [9.17, 15) is 9.59 Å². The lowest BCUT2D eigenvalue weighted by molar-refractivity contribution is -0.135. The van der Waals surface area contributed by atoms with Gasteiger partial charge in [-0.3, -0.25) is 14.7 Å². The molecule has 8 nitrogen and oxygen atoms in total. The molecular weight excluding hydrogens is 308 g/mol. The first-order valence-corrected chi connectivity index (χ1v) is 8.52. The molecule has 2 amide bonds. The number of carbonyl (C=O) groups excluding carboxylic acids is 2. The second-order valence-electron chi connectivity index (χ2n) is 6.89. The minimum atomic E-state index is -0.170. The molecule has 4 rings (SSSR count). The number of likely N-dealkylation sites (tertiary alicyclic amines) is 1. The van der Waals surface area contributed by atoms with Crippen LogP contribution < -0.4 is 5.32 Å². The Labute approximate surface area is 139 Å². The van der Waals surface area contributed by atoms with Crippen LogP contribution in [0, 0.1) is 18.8 Å². The molecule has 2 N–H and O–H groups in total. The van der Waals surface area contributed by atoms with E-state index >= 15 is 0 Å². The zero-order valence-electron chi connectivity index (χ0n) is 14.0. The zero-order valence-corrected chi connectivity index (χ0v) is 14.0. The predicted octanol–water partition coefficient (Wildman–Crippen LogP) is 1.19. The summed E-state index contributed by atoms with van der Waals surface area (Å²) in [5, 5.41) is 15.2. The summed E-state index contributed by atoms with van der Waals surface area (Å²) in [6.07, 6.45) is 3.68. The Kier molecular flexibility index (Phi) is 3.54. The van der Waals surface area contributed by atoms with E-state index in [0.29, 0.717) is 12.4 Å². The molecule has 0 spiro atoms. The molecule has 1 saturated heterocycles. The SMILES string of the molecule is Cc1nn(C)c2n[nH]c(NC(=O)C3CCCN(C(=O)C4CC4)C3)c12. The van der Waals surface area contributed by atoms with Crippen LogP contribution >= 0.6 is 0 Å². The first-order chi connectivity index (χ1) is 11.5. The molecule has 128 valence electrons. The third-order valence-electron chi connectivity index (χ3n) is 4.99. The van der Waals surface area contributed by atoms with E-state index in [-0.39, 0.29) is 23.7 Å². The lowest BCUT2D eigenvalue weighted by atomic mass is 9.96. The Morgan fingerprint density at radius 1 is 1.25 bits per heavy atom. The molecule has 3 heterocycles. The number of amides is 2. The van der Waals surface area contributed by atoms with Crippen LogP contribution in [0.5, 0.6) is 0 Å². The van der Waals surface area contributed by atoms with Crippen molar-refractivity contribution in [2.24, 2.45) is 18.9 Å². The van der Waals surface area contributed by atoms with Crippen LogP contribution in [-0.4, -0.2) is 49.8 Å². The minimum Gasteiger partial charge on any atom is -0.342 e. The largest absolute Gasteiger partial charge is 0.342 e. The second kappa shape index (κ2) is 5.61. The third-order valence-corrected chi connectivity index (χ3v) is 4.99. The average molecular weight is 330 g/mol. The quantitative estimate of drug-likeness (QED) is 0.883. The molecule has 1 unspecified atom stereocenters. The van der Waals surface area contributed by atoms with E-state index in [2.05, 4.69) is 20.6 Å². The monoisotopic (exact) mass is 330 g/mol. The summed E-state index contributed by atoms with van der Waals surface area (Å²) in [5.74, 6) is 0.789. The van der Waals surface area contributed by atoms with Gasteiger partial charge >= 0.3 is 0 Å². The molecule has 0 aromatic carbocycles. The fraction of sp³-hybridized carbons (Fsp3) is 0.625. The Bertz CT molecular complexity index is 803. The highest BCUT2D eigenvalue weighted by molar-refractivity contribution is 6.01. The number of hydrogen-bond acceptors (Lipinski definition) is 4. The standard InChI is InChI=1S/C16H22N6O2/c1-9-12-13(18-19-14(12)21(2)20-9)17-15(23)11-4-3-7-22(8-11)16(24)10-5-6-10/h10-11H,3-8H2,1-2H3,(H2,17,18,19,23). The van der Waals surface area contributed by atoms with Crippen molar-refractivity contribution in [1.29, 1.82) is 0 Å². The first-order valence-electron chi connectivity index (χ1n) is 8.52. The number of anilines is 1. The average Bonchev–Trinajstić information content (AvgIpc) is 3.28. The normalized spacial score (nSPS) is 21.2. The Morgan fingerprint density at radius 3 is 2.79 bits per heavy atom. The van der Waals surface area contributed by atoms with Crippen molar-refractivity contribution in [2.75, 3.05) is 18.4 Å². The van der Waals surface area contributed by atoms with E-state index in [0.717, 1.165) is 49.0 Å². The van der Waals surface area contributed by atoms with Crippen molar-refractivity contribution in [3.05, 3.63) is 5.69 Å².